The van der Waals surface area contributed by atoms with E-state index in [1.54, 1.807) is 0 Å². The minimum Gasteiger partial charge on any atom is -0.0616 e. The summed E-state index contributed by atoms with van der Waals surface area (Å²) in [6.45, 7) is 4.38. The minimum atomic E-state index is 1.27. The predicted octanol–water partition coefficient (Wildman–Crippen LogP) is 9.69. The van der Waals surface area contributed by atoms with Gasteiger partial charge in [0.25, 0.3) is 0 Å². The highest BCUT2D eigenvalue weighted by Crippen LogP contribution is 2.43. The first kappa shape index (κ1) is 19.3. The Kier molecular flexibility index (Phi) is 4.07. The molecule has 7 aromatic rings. The zero-order valence-electron chi connectivity index (χ0n) is 19.4. The van der Waals surface area contributed by atoms with Crippen molar-refractivity contribution in [2.24, 2.45) is 0 Å². The number of fused-ring (bicyclic) bond motifs is 1. The average Bonchev–Trinajstić information content (AvgIpc) is 2.87. The highest BCUT2D eigenvalue weighted by atomic mass is 14.2. The van der Waals surface area contributed by atoms with E-state index in [1.807, 2.05) is 0 Å². The van der Waals surface area contributed by atoms with Gasteiger partial charge >= 0.3 is 0 Å². The molecule has 0 radical (unpaired) electrons. The standard InChI is InChI=1S/C34H24/c1-21-7-14-28(22(2)19-21)30-16-11-25-12-17-31-29(15-10-24-13-18-32(30)34(25)33(24)31)27-9-8-23-5-3-4-6-26(23)20-27/h3-20H,1-2H3. The predicted molar refractivity (Wildman–Crippen MR) is 148 cm³/mol. The molecule has 0 atom stereocenters. The fourth-order valence-corrected chi connectivity index (χ4v) is 5.76. The lowest BCUT2D eigenvalue weighted by molar-refractivity contribution is 1.39. The van der Waals surface area contributed by atoms with Gasteiger partial charge in [-0.2, -0.15) is 0 Å². The van der Waals surface area contributed by atoms with Crippen molar-refractivity contribution < 1.29 is 0 Å². The lowest BCUT2D eigenvalue weighted by Gasteiger charge is -2.17. The summed E-state index contributed by atoms with van der Waals surface area (Å²) in [5, 5.41) is 10.6. The second-order valence-corrected chi connectivity index (χ2v) is 9.53. The van der Waals surface area contributed by atoms with Gasteiger partial charge in [-0.25, -0.2) is 0 Å². The van der Waals surface area contributed by atoms with Gasteiger partial charge in [0.15, 0.2) is 0 Å². The molecular weight excluding hydrogens is 408 g/mol. The molecule has 0 amide bonds. The van der Waals surface area contributed by atoms with Crippen LogP contribution in [0.1, 0.15) is 11.1 Å². The largest absolute Gasteiger partial charge is 0.0616 e. The van der Waals surface area contributed by atoms with Gasteiger partial charge in [-0.05, 0) is 90.8 Å². The molecule has 0 nitrogen and oxygen atoms in total. The van der Waals surface area contributed by atoms with Crippen molar-refractivity contribution in [1.29, 1.82) is 0 Å². The van der Waals surface area contributed by atoms with E-state index >= 15 is 0 Å². The number of hydrogen-bond donors (Lipinski definition) is 0. The van der Waals surface area contributed by atoms with Crippen LogP contribution in [0.15, 0.2) is 109 Å². The van der Waals surface area contributed by atoms with Gasteiger partial charge in [0.2, 0.25) is 0 Å². The topological polar surface area (TPSA) is 0 Å². The molecule has 0 saturated carbocycles. The van der Waals surface area contributed by atoms with E-state index < -0.39 is 0 Å². The first-order valence-electron chi connectivity index (χ1n) is 11.9. The molecule has 0 heteroatoms. The fraction of sp³-hybridized carbons (Fsp3) is 0.0588. The van der Waals surface area contributed by atoms with Crippen LogP contribution in [-0.2, 0) is 0 Å². The molecule has 0 saturated heterocycles. The van der Waals surface area contributed by atoms with Crippen LogP contribution in [0.5, 0.6) is 0 Å². The van der Waals surface area contributed by atoms with Crippen LogP contribution >= 0.6 is 0 Å². The normalized spacial score (nSPS) is 11.8. The second kappa shape index (κ2) is 7.17. The van der Waals surface area contributed by atoms with E-state index in [4.69, 9.17) is 0 Å². The van der Waals surface area contributed by atoms with Crippen molar-refractivity contribution >= 4 is 43.1 Å². The monoisotopic (exact) mass is 432 g/mol. The highest BCUT2D eigenvalue weighted by molar-refractivity contribution is 6.27. The van der Waals surface area contributed by atoms with E-state index in [-0.39, 0.29) is 0 Å². The van der Waals surface area contributed by atoms with Crippen molar-refractivity contribution in [3.63, 3.8) is 0 Å². The Hall–Kier alpha value is -4.16. The van der Waals surface area contributed by atoms with E-state index in [2.05, 4.69) is 123 Å². The number of aryl methyl sites for hydroxylation is 2. The van der Waals surface area contributed by atoms with Gasteiger partial charge in [0.05, 0.1) is 0 Å². The molecule has 0 fully saturated rings. The molecule has 0 aliphatic heterocycles. The SMILES string of the molecule is Cc1ccc(-c2ccc3ccc4c(-c5ccc6ccccc6c5)ccc5ccc2c3c54)c(C)c1. The van der Waals surface area contributed by atoms with Crippen molar-refractivity contribution in [3.05, 3.63) is 120 Å². The molecule has 160 valence electrons. The van der Waals surface area contributed by atoms with Gasteiger partial charge in [0, 0.05) is 0 Å². The first-order valence-corrected chi connectivity index (χ1v) is 11.9. The van der Waals surface area contributed by atoms with E-state index in [0.29, 0.717) is 0 Å². The van der Waals surface area contributed by atoms with Crippen molar-refractivity contribution in [3.8, 4) is 22.3 Å². The maximum Gasteiger partial charge on any atom is -0.00203 e. The van der Waals surface area contributed by atoms with Gasteiger partial charge in [-0.1, -0.05) is 109 Å². The summed E-state index contributed by atoms with van der Waals surface area (Å²) < 4.78 is 0. The lowest BCUT2D eigenvalue weighted by Crippen LogP contribution is -1.91. The zero-order chi connectivity index (χ0) is 22.8. The van der Waals surface area contributed by atoms with E-state index in [1.165, 1.54) is 76.5 Å². The van der Waals surface area contributed by atoms with Crippen LogP contribution in [0.3, 0.4) is 0 Å². The third-order valence-corrected chi connectivity index (χ3v) is 7.40. The van der Waals surface area contributed by atoms with Crippen molar-refractivity contribution in [1.82, 2.24) is 0 Å². The van der Waals surface area contributed by atoms with Crippen LogP contribution in [0.4, 0.5) is 0 Å². The smallest absolute Gasteiger partial charge is 0.00203 e. The zero-order valence-corrected chi connectivity index (χ0v) is 19.4. The summed E-state index contributed by atoms with van der Waals surface area (Å²) in [5.41, 5.74) is 7.83. The quantitative estimate of drug-likeness (QED) is 0.239. The Balaban J connectivity index is 1.55. The molecule has 0 unspecified atom stereocenters. The van der Waals surface area contributed by atoms with Crippen molar-refractivity contribution in [2.45, 2.75) is 13.8 Å². The average molecular weight is 433 g/mol. The first-order chi connectivity index (χ1) is 16.7. The van der Waals surface area contributed by atoms with Gasteiger partial charge in [-0.15, -0.1) is 0 Å². The van der Waals surface area contributed by atoms with Gasteiger partial charge in [-0.3, -0.25) is 0 Å². The van der Waals surface area contributed by atoms with Crippen LogP contribution in [0.2, 0.25) is 0 Å². The number of rotatable bonds is 2. The molecule has 0 aromatic heterocycles. The third-order valence-electron chi connectivity index (χ3n) is 7.40. The van der Waals surface area contributed by atoms with Crippen molar-refractivity contribution in [2.75, 3.05) is 0 Å². The maximum absolute atomic E-state index is 2.32. The molecule has 0 N–H and O–H groups in total. The molecular formula is C34H24. The highest BCUT2D eigenvalue weighted by Gasteiger charge is 2.15. The van der Waals surface area contributed by atoms with E-state index in [9.17, 15) is 0 Å². The Bertz CT molecular complexity index is 1870. The van der Waals surface area contributed by atoms with Crippen LogP contribution in [0.25, 0.3) is 65.3 Å². The molecule has 7 rings (SSSR count). The van der Waals surface area contributed by atoms with Gasteiger partial charge < -0.3 is 0 Å². The minimum absolute atomic E-state index is 1.27. The van der Waals surface area contributed by atoms with Crippen LogP contribution in [-0.4, -0.2) is 0 Å². The molecule has 0 spiro atoms. The molecule has 7 aromatic carbocycles. The molecule has 0 aliphatic rings. The molecule has 0 aliphatic carbocycles. The van der Waals surface area contributed by atoms with Gasteiger partial charge in [0.1, 0.15) is 0 Å². The Morgan fingerprint density at radius 3 is 1.74 bits per heavy atom. The van der Waals surface area contributed by atoms with Crippen LogP contribution in [0, 0.1) is 13.8 Å². The molecule has 34 heavy (non-hydrogen) atoms. The number of benzene rings is 7. The Morgan fingerprint density at radius 2 is 1.00 bits per heavy atom. The summed E-state index contributed by atoms with van der Waals surface area (Å²) in [6, 6.07) is 40.6. The lowest BCUT2D eigenvalue weighted by atomic mass is 9.86. The molecule has 0 heterocycles. The summed E-state index contributed by atoms with van der Waals surface area (Å²) in [5.74, 6) is 0. The van der Waals surface area contributed by atoms with Crippen LogP contribution < -0.4 is 0 Å². The Labute approximate surface area is 199 Å². The summed E-state index contributed by atoms with van der Waals surface area (Å²) in [6.07, 6.45) is 0. The summed E-state index contributed by atoms with van der Waals surface area (Å²) in [7, 11) is 0. The fourth-order valence-electron chi connectivity index (χ4n) is 5.76. The third kappa shape index (κ3) is 2.79. The Morgan fingerprint density at radius 1 is 0.412 bits per heavy atom. The van der Waals surface area contributed by atoms with E-state index in [0.717, 1.165) is 0 Å². The summed E-state index contributed by atoms with van der Waals surface area (Å²) in [4.78, 5) is 0. The second-order valence-electron chi connectivity index (χ2n) is 9.53. The summed E-state index contributed by atoms with van der Waals surface area (Å²) >= 11 is 0. The number of hydrogen-bond acceptors (Lipinski definition) is 0. The molecule has 0 bridgehead atoms. The maximum atomic E-state index is 2.32.